The van der Waals surface area contributed by atoms with Crippen LogP contribution in [0.5, 0.6) is 0 Å². The molecule has 0 unspecified atom stereocenters. The number of carbonyl (C=O) groups is 6. The molecule has 2 aliphatic heterocycles. The summed E-state index contributed by atoms with van der Waals surface area (Å²) < 4.78 is 9.32. The number of anilines is 2. The number of amides is 4. The molecule has 3 aromatic rings. The lowest BCUT2D eigenvalue weighted by Gasteiger charge is -2.19. The van der Waals surface area contributed by atoms with Crippen LogP contribution in [0.15, 0.2) is 105 Å². The molecule has 2 fully saturated rings. The SMILES string of the molecule is COC(=O)/C=C1\SC(=NC(=O)c2ccccc2Cl)N(c2ccc(N3C(=O)/C(=C/C(=O)OC)SC3=NC(=O)c3ccccc3Cl)cc2)C1=O. The van der Waals surface area contributed by atoms with Crippen LogP contribution in [-0.2, 0) is 28.7 Å². The van der Waals surface area contributed by atoms with Gasteiger partial charge in [0.05, 0.1) is 56.6 Å². The van der Waals surface area contributed by atoms with E-state index in [4.69, 9.17) is 23.2 Å². The minimum absolute atomic E-state index is 0.0622. The third-order valence-corrected chi connectivity index (χ3v) is 9.08. The highest BCUT2D eigenvalue weighted by Crippen LogP contribution is 2.39. The van der Waals surface area contributed by atoms with Crippen molar-refractivity contribution in [3.05, 3.63) is 116 Å². The van der Waals surface area contributed by atoms with Gasteiger partial charge in [0, 0.05) is 12.2 Å². The third-order valence-electron chi connectivity index (χ3n) is 6.48. The second-order valence-corrected chi connectivity index (χ2v) is 12.3. The van der Waals surface area contributed by atoms with Crippen molar-refractivity contribution in [1.82, 2.24) is 0 Å². The second-order valence-electron chi connectivity index (χ2n) is 9.42. The monoisotopic (exact) mass is 722 g/mol. The summed E-state index contributed by atoms with van der Waals surface area (Å²) in [5.41, 5.74) is 0.620. The number of thioether (sulfide) groups is 2. The van der Waals surface area contributed by atoms with E-state index in [-0.39, 0.29) is 52.7 Å². The Bertz CT molecular complexity index is 1870. The molecule has 0 saturated carbocycles. The van der Waals surface area contributed by atoms with Crippen LogP contribution in [-0.4, -0.2) is 60.1 Å². The highest BCUT2D eigenvalue weighted by Gasteiger charge is 2.38. The van der Waals surface area contributed by atoms with Crippen LogP contribution in [0, 0.1) is 0 Å². The van der Waals surface area contributed by atoms with E-state index in [1.165, 1.54) is 48.5 Å². The Morgan fingerprint density at radius 3 is 1.31 bits per heavy atom. The predicted molar refractivity (Wildman–Crippen MR) is 183 cm³/mol. The number of ether oxygens (including phenoxy) is 2. The predicted octanol–water partition coefficient (Wildman–Crippen LogP) is 5.66. The van der Waals surface area contributed by atoms with Crippen molar-refractivity contribution in [3.8, 4) is 0 Å². The maximum absolute atomic E-state index is 13.5. The zero-order valence-corrected chi connectivity index (χ0v) is 27.9. The first-order chi connectivity index (χ1) is 23.0. The number of carbonyl (C=O) groups excluding carboxylic acids is 6. The number of nitrogens with zero attached hydrogens (tertiary/aromatic N) is 4. The van der Waals surface area contributed by atoms with Crippen LogP contribution in [0.4, 0.5) is 11.4 Å². The molecular formula is C32H20Cl2N4O8S2. The van der Waals surface area contributed by atoms with Crippen LogP contribution in [0.2, 0.25) is 10.0 Å². The Morgan fingerprint density at radius 2 is 0.979 bits per heavy atom. The maximum Gasteiger partial charge on any atom is 0.331 e. The summed E-state index contributed by atoms with van der Waals surface area (Å²) in [5.74, 6) is -4.39. The van der Waals surface area contributed by atoms with Gasteiger partial charge < -0.3 is 9.47 Å². The Labute approximate surface area is 291 Å². The molecule has 48 heavy (non-hydrogen) atoms. The smallest absolute Gasteiger partial charge is 0.331 e. The molecule has 0 bridgehead atoms. The lowest BCUT2D eigenvalue weighted by atomic mass is 10.2. The van der Waals surface area contributed by atoms with Gasteiger partial charge in [0.2, 0.25) is 0 Å². The van der Waals surface area contributed by atoms with Gasteiger partial charge in [0.15, 0.2) is 10.3 Å². The number of hydrogen-bond acceptors (Lipinski definition) is 10. The first-order valence-electron chi connectivity index (χ1n) is 13.5. The summed E-state index contributed by atoms with van der Waals surface area (Å²) in [7, 11) is 2.30. The number of aliphatic imine (C=N–C) groups is 2. The molecule has 0 atom stereocenters. The molecule has 16 heteroatoms. The molecule has 12 nitrogen and oxygen atoms in total. The minimum Gasteiger partial charge on any atom is -0.466 e. The Balaban J connectivity index is 1.54. The number of amidine groups is 2. The Morgan fingerprint density at radius 1 is 0.625 bits per heavy atom. The fraction of sp³-hybridized carbons (Fsp3) is 0.0625. The molecule has 4 amide bonds. The Kier molecular flexibility index (Phi) is 10.6. The van der Waals surface area contributed by atoms with Gasteiger partial charge in [0.25, 0.3) is 23.6 Å². The van der Waals surface area contributed by atoms with Gasteiger partial charge in [-0.05, 0) is 72.1 Å². The molecule has 0 aliphatic carbocycles. The number of rotatable bonds is 6. The first-order valence-corrected chi connectivity index (χ1v) is 15.9. The summed E-state index contributed by atoms with van der Waals surface area (Å²) in [5, 5.41) is 0.163. The minimum atomic E-state index is -0.793. The summed E-state index contributed by atoms with van der Waals surface area (Å²) in [6.07, 6.45) is 1.95. The van der Waals surface area contributed by atoms with E-state index >= 15 is 0 Å². The zero-order chi connectivity index (χ0) is 34.5. The van der Waals surface area contributed by atoms with Gasteiger partial charge in [-0.2, -0.15) is 9.98 Å². The average Bonchev–Trinajstić information content (AvgIpc) is 3.54. The van der Waals surface area contributed by atoms with Crippen LogP contribution in [0.1, 0.15) is 20.7 Å². The van der Waals surface area contributed by atoms with E-state index in [2.05, 4.69) is 19.5 Å². The van der Waals surface area contributed by atoms with E-state index in [9.17, 15) is 28.8 Å². The van der Waals surface area contributed by atoms with Crippen molar-refractivity contribution in [2.24, 2.45) is 9.98 Å². The Hall–Kier alpha value is -5.02. The van der Waals surface area contributed by atoms with Crippen LogP contribution in [0.25, 0.3) is 0 Å². The number of benzene rings is 3. The first kappa shape index (κ1) is 34.3. The fourth-order valence-corrected chi connectivity index (χ4v) is 6.51. The standard InChI is InChI=1S/C32H20Cl2N4O8S2/c1-45-25(39)15-23-29(43)37(31(47-23)35-27(41)19-7-3-5-9-21(19)33)17-11-13-18(14-12-17)38-30(44)24(16-26(40)46-2)48-32(38)36-28(42)20-8-4-6-10-22(20)34/h3-16H,1-2H3/b23-15-,24-16-,35-31?,36-32?. The number of esters is 2. The van der Waals surface area contributed by atoms with E-state index in [1.54, 1.807) is 24.3 Å². The average molecular weight is 724 g/mol. The number of hydrogen-bond donors (Lipinski definition) is 0. The van der Waals surface area contributed by atoms with E-state index in [0.717, 1.165) is 59.7 Å². The van der Waals surface area contributed by atoms with Gasteiger partial charge in [-0.1, -0.05) is 47.5 Å². The normalized spacial score (nSPS) is 17.9. The summed E-state index contributed by atoms with van der Waals surface area (Å²) >= 11 is 13.9. The molecule has 0 aromatic heterocycles. The summed E-state index contributed by atoms with van der Waals surface area (Å²) in [6, 6.07) is 18.3. The molecule has 0 N–H and O–H groups in total. The topological polar surface area (TPSA) is 152 Å². The van der Waals surface area contributed by atoms with Crippen LogP contribution >= 0.6 is 46.7 Å². The van der Waals surface area contributed by atoms with Gasteiger partial charge in [0.1, 0.15) is 0 Å². The summed E-state index contributed by atoms with van der Waals surface area (Å²) in [6.45, 7) is 0. The fourth-order valence-electron chi connectivity index (χ4n) is 4.20. The molecule has 2 heterocycles. The number of halogens is 2. The quantitative estimate of drug-likeness (QED) is 0.230. The molecule has 0 radical (unpaired) electrons. The molecule has 2 aliphatic rings. The second kappa shape index (κ2) is 14.8. The van der Waals surface area contributed by atoms with Crippen molar-refractivity contribution in [1.29, 1.82) is 0 Å². The van der Waals surface area contributed by atoms with Crippen molar-refractivity contribution in [3.63, 3.8) is 0 Å². The van der Waals surface area contributed by atoms with Crippen molar-refractivity contribution < 1.29 is 38.2 Å². The van der Waals surface area contributed by atoms with Crippen molar-refractivity contribution >= 4 is 104 Å². The highest BCUT2D eigenvalue weighted by molar-refractivity contribution is 8.19. The van der Waals surface area contributed by atoms with Crippen molar-refractivity contribution in [2.45, 2.75) is 0 Å². The molecular weight excluding hydrogens is 703 g/mol. The molecule has 2 saturated heterocycles. The van der Waals surface area contributed by atoms with Gasteiger partial charge in [-0.25, -0.2) is 9.59 Å². The van der Waals surface area contributed by atoms with Crippen LogP contribution < -0.4 is 9.80 Å². The molecule has 0 spiro atoms. The van der Waals surface area contributed by atoms with Gasteiger partial charge >= 0.3 is 11.9 Å². The molecule has 5 rings (SSSR count). The van der Waals surface area contributed by atoms with E-state index in [1.807, 2.05) is 0 Å². The lowest BCUT2D eigenvalue weighted by molar-refractivity contribution is -0.135. The zero-order valence-electron chi connectivity index (χ0n) is 24.7. The summed E-state index contributed by atoms with van der Waals surface area (Å²) in [4.78, 5) is 87.4. The van der Waals surface area contributed by atoms with E-state index in [0.29, 0.717) is 0 Å². The molecule has 3 aromatic carbocycles. The maximum atomic E-state index is 13.5. The van der Waals surface area contributed by atoms with Crippen LogP contribution in [0.3, 0.4) is 0 Å². The molecule has 242 valence electrons. The largest absolute Gasteiger partial charge is 0.466 e. The lowest BCUT2D eigenvalue weighted by Crippen LogP contribution is -2.31. The number of methoxy groups -OCH3 is 2. The highest BCUT2D eigenvalue weighted by atomic mass is 35.5. The van der Waals surface area contributed by atoms with Crippen molar-refractivity contribution in [2.75, 3.05) is 24.0 Å². The van der Waals surface area contributed by atoms with E-state index < -0.39 is 35.6 Å². The van der Waals surface area contributed by atoms with Gasteiger partial charge in [-0.15, -0.1) is 0 Å². The van der Waals surface area contributed by atoms with Gasteiger partial charge in [-0.3, -0.25) is 29.0 Å². The third kappa shape index (κ3) is 7.26.